The van der Waals surface area contributed by atoms with Crippen LogP contribution in [0, 0.1) is 11.3 Å². The van der Waals surface area contributed by atoms with Crippen molar-refractivity contribution >= 4 is 17.6 Å². The highest BCUT2D eigenvalue weighted by atomic mass is 19.3. The predicted molar refractivity (Wildman–Crippen MR) is 130 cm³/mol. The van der Waals surface area contributed by atoms with Crippen LogP contribution in [0.4, 0.5) is 20.4 Å². The molecular formula is C25H31F2N7O2. The smallest absolute Gasteiger partial charge is 0.326 e. The summed E-state index contributed by atoms with van der Waals surface area (Å²) in [6, 6.07) is 4.77. The van der Waals surface area contributed by atoms with Gasteiger partial charge in [0.1, 0.15) is 17.9 Å². The van der Waals surface area contributed by atoms with Crippen LogP contribution >= 0.6 is 0 Å². The molecule has 0 bridgehead atoms. The average Bonchev–Trinajstić information content (AvgIpc) is 2.86. The molecule has 1 aliphatic heterocycles. The van der Waals surface area contributed by atoms with Gasteiger partial charge in [-0.15, -0.1) is 0 Å². The fraction of sp³-hybridized carbons (Fsp3) is 0.560. The van der Waals surface area contributed by atoms with Crippen LogP contribution in [-0.2, 0) is 17.6 Å². The van der Waals surface area contributed by atoms with E-state index in [4.69, 9.17) is 4.98 Å². The number of anilines is 2. The molecule has 3 N–H and O–H groups in total. The molecule has 1 atom stereocenters. The molecule has 2 aromatic heterocycles. The fourth-order valence-electron chi connectivity index (χ4n) is 4.74. The van der Waals surface area contributed by atoms with E-state index in [9.17, 15) is 23.9 Å². The summed E-state index contributed by atoms with van der Waals surface area (Å²) in [6.07, 6.45) is 7.09. The van der Waals surface area contributed by atoms with Gasteiger partial charge in [0.2, 0.25) is 0 Å². The van der Waals surface area contributed by atoms with E-state index in [2.05, 4.69) is 32.7 Å². The average molecular weight is 500 g/mol. The number of aliphatic carboxylic acids is 1. The molecule has 0 aromatic carbocycles. The second kappa shape index (κ2) is 11.6. The molecule has 0 amide bonds. The molecular weight excluding hydrogens is 468 g/mol. The predicted octanol–water partition coefficient (Wildman–Crippen LogP) is 3.48. The number of hydrogen-bond acceptors (Lipinski definition) is 8. The Morgan fingerprint density at radius 1 is 1.28 bits per heavy atom. The number of carbonyl (C=O) groups is 1. The van der Waals surface area contributed by atoms with Gasteiger partial charge in [-0.3, -0.25) is 4.90 Å². The Labute approximate surface area is 209 Å². The molecule has 0 spiro atoms. The number of unbranched alkanes of at least 4 members (excludes halogenated alkanes) is 1. The van der Waals surface area contributed by atoms with Gasteiger partial charge in [-0.2, -0.15) is 5.26 Å². The first-order valence-corrected chi connectivity index (χ1v) is 12.4. The number of pyridine rings is 1. The SMILES string of the molecule is N#Cc1nccnc1NC(CCN(CCCCc1ccc2c(n1)NCCC2)C1CC(F)(F)C1)C(=O)O. The Bertz CT molecular complexity index is 1100. The number of rotatable bonds is 12. The molecule has 1 unspecified atom stereocenters. The third-order valence-corrected chi connectivity index (χ3v) is 6.78. The second-order valence-corrected chi connectivity index (χ2v) is 9.44. The minimum absolute atomic E-state index is 0.00484. The Morgan fingerprint density at radius 3 is 2.83 bits per heavy atom. The summed E-state index contributed by atoms with van der Waals surface area (Å²) in [5, 5.41) is 25.0. The van der Waals surface area contributed by atoms with Crippen LogP contribution < -0.4 is 10.6 Å². The number of alkyl halides is 2. The topological polar surface area (TPSA) is 127 Å². The summed E-state index contributed by atoms with van der Waals surface area (Å²) in [4.78, 5) is 26.4. The quantitative estimate of drug-likeness (QED) is 0.376. The lowest BCUT2D eigenvalue weighted by atomic mass is 9.86. The third kappa shape index (κ3) is 6.63. The highest BCUT2D eigenvalue weighted by Crippen LogP contribution is 2.40. The van der Waals surface area contributed by atoms with Crippen LogP contribution in [0.25, 0.3) is 0 Å². The van der Waals surface area contributed by atoms with Crippen molar-refractivity contribution in [1.82, 2.24) is 19.9 Å². The molecule has 1 saturated carbocycles. The van der Waals surface area contributed by atoms with Gasteiger partial charge in [0.05, 0.1) is 0 Å². The summed E-state index contributed by atoms with van der Waals surface area (Å²) >= 11 is 0. The number of carboxylic acids is 1. The number of aryl methyl sites for hydroxylation is 2. The maximum Gasteiger partial charge on any atom is 0.326 e. The number of nitriles is 1. The van der Waals surface area contributed by atoms with E-state index in [-0.39, 0.29) is 36.8 Å². The lowest BCUT2D eigenvalue weighted by Gasteiger charge is -2.43. The van der Waals surface area contributed by atoms with Gasteiger partial charge in [-0.05, 0) is 56.7 Å². The molecule has 1 fully saturated rings. The molecule has 9 nitrogen and oxygen atoms in total. The summed E-state index contributed by atoms with van der Waals surface area (Å²) in [6.45, 7) is 1.88. The second-order valence-electron chi connectivity index (χ2n) is 9.44. The van der Waals surface area contributed by atoms with Gasteiger partial charge in [-0.1, -0.05) is 6.07 Å². The standard InChI is InChI=1S/C25H31F2N7O2/c26-25(27)14-19(15-25)34(12-2-1-5-18-7-6-17-4-3-9-30-22(17)32-18)13-8-20(24(35)36)33-23-21(16-28)29-10-11-31-23/h6-7,10-11,19-20H,1-5,8-9,12-15H2,(H,30,32)(H,31,33)(H,35,36). The van der Waals surface area contributed by atoms with Gasteiger partial charge < -0.3 is 15.7 Å². The summed E-state index contributed by atoms with van der Waals surface area (Å²) < 4.78 is 27.2. The van der Waals surface area contributed by atoms with Crippen molar-refractivity contribution in [1.29, 1.82) is 5.26 Å². The molecule has 192 valence electrons. The summed E-state index contributed by atoms with van der Waals surface area (Å²) in [7, 11) is 0. The summed E-state index contributed by atoms with van der Waals surface area (Å²) in [5.41, 5.74) is 2.26. The number of hydrogen-bond donors (Lipinski definition) is 3. The lowest BCUT2D eigenvalue weighted by molar-refractivity contribution is -0.139. The molecule has 11 heteroatoms. The molecule has 2 aliphatic rings. The van der Waals surface area contributed by atoms with Gasteiger partial charge in [0.15, 0.2) is 11.5 Å². The highest BCUT2D eigenvalue weighted by Gasteiger charge is 2.47. The van der Waals surface area contributed by atoms with E-state index in [0.717, 1.165) is 50.2 Å². The molecule has 4 rings (SSSR count). The van der Waals surface area contributed by atoms with Crippen LogP contribution in [0.15, 0.2) is 24.5 Å². The molecule has 3 heterocycles. The maximum absolute atomic E-state index is 13.6. The molecule has 1 aliphatic carbocycles. The zero-order valence-electron chi connectivity index (χ0n) is 20.1. The molecule has 2 aromatic rings. The van der Waals surface area contributed by atoms with Crippen molar-refractivity contribution in [2.45, 2.75) is 69.4 Å². The van der Waals surface area contributed by atoms with Gasteiger partial charge in [0, 0.05) is 50.1 Å². The first kappa shape index (κ1) is 25.7. The number of carboxylic acid groups (broad SMARTS) is 1. The van der Waals surface area contributed by atoms with E-state index >= 15 is 0 Å². The van der Waals surface area contributed by atoms with Crippen molar-refractivity contribution in [3.05, 3.63) is 41.5 Å². The third-order valence-electron chi connectivity index (χ3n) is 6.78. The van der Waals surface area contributed by atoms with E-state index < -0.39 is 17.9 Å². The number of halogens is 2. The Balaban J connectivity index is 1.31. The maximum atomic E-state index is 13.6. The highest BCUT2D eigenvalue weighted by molar-refractivity contribution is 5.77. The summed E-state index contributed by atoms with van der Waals surface area (Å²) in [5.74, 6) is -2.70. The molecule has 0 saturated heterocycles. The van der Waals surface area contributed by atoms with Crippen molar-refractivity contribution < 1.29 is 18.7 Å². The number of fused-ring (bicyclic) bond motifs is 1. The van der Waals surface area contributed by atoms with Gasteiger partial charge in [0.25, 0.3) is 5.92 Å². The zero-order chi connectivity index (χ0) is 25.5. The molecule has 36 heavy (non-hydrogen) atoms. The van der Waals surface area contributed by atoms with E-state index in [1.165, 1.54) is 18.0 Å². The Kier molecular flexibility index (Phi) is 8.25. The monoisotopic (exact) mass is 499 g/mol. The van der Waals surface area contributed by atoms with E-state index in [1.54, 1.807) is 0 Å². The van der Waals surface area contributed by atoms with Crippen molar-refractivity contribution in [2.75, 3.05) is 30.3 Å². The van der Waals surface area contributed by atoms with Crippen LogP contribution in [-0.4, -0.2) is 68.6 Å². The minimum atomic E-state index is -2.66. The van der Waals surface area contributed by atoms with Crippen LogP contribution in [0.5, 0.6) is 0 Å². The minimum Gasteiger partial charge on any atom is -0.480 e. The number of aromatic nitrogens is 3. The van der Waals surface area contributed by atoms with Crippen LogP contribution in [0.3, 0.4) is 0 Å². The number of nitrogens with zero attached hydrogens (tertiary/aromatic N) is 5. The van der Waals surface area contributed by atoms with Gasteiger partial charge >= 0.3 is 5.97 Å². The van der Waals surface area contributed by atoms with Crippen LogP contribution in [0.2, 0.25) is 0 Å². The van der Waals surface area contributed by atoms with E-state index in [1.807, 2.05) is 11.0 Å². The van der Waals surface area contributed by atoms with Gasteiger partial charge in [-0.25, -0.2) is 28.5 Å². The van der Waals surface area contributed by atoms with E-state index in [0.29, 0.717) is 13.1 Å². The normalized spacial score (nSPS) is 17.4. The Morgan fingerprint density at radius 2 is 2.08 bits per heavy atom. The molecule has 0 radical (unpaired) electrons. The van der Waals surface area contributed by atoms with Crippen molar-refractivity contribution in [2.24, 2.45) is 0 Å². The first-order valence-electron chi connectivity index (χ1n) is 12.4. The lowest BCUT2D eigenvalue weighted by Crippen LogP contribution is -2.52. The first-order chi connectivity index (χ1) is 17.3. The largest absolute Gasteiger partial charge is 0.480 e. The van der Waals surface area contributed by atoms with Crippen LogP contribution in [0.1, 0.15) is 55.5 Å². The number of nitrogens with one attached hydrogen (secondary N) is 2. The fourth-order valence-corrected chi connectivity index (χ4v) is 4.74. The zero-order valence-corrected chi connectivity index (χ0v) is 20.1. The Hall–Kier alpha value is -3.39. The van der Waals surface area contributed by atoms with Crippen molar-refractivity contribution in [3.63, 3.8) is 0 Å². The van der Waals surface area contributed by atoms with Crippen molar-refractivity contribution in [3.8, 4) is 6.07 Å².